The van der Waals surface area contributed by atoms with Gasteiger partial charge < -0.3 is 5.32 Å². The Bertz CT molecular complexity index is 944. The normalized spacial score (nSPS) is 10.4. The van der Waals surface area contributed by atoms with Crippen molar-refractivity contribution >= 4 is 40.7 Å². The zero-order valence-corrected chi connectivity index (χ0v) is 16.1. The van der Waals surface area contributed by atoms with Crippen LogP contribution in [-0.2, 0) is 11.2 Å². The monoisotopic (exact) mass is 395 g/mol. The van der Waals surface area contributed by atoms with Gasteiger partial charge in [0.2, 0.25) is 5.91 Å². The summed E-state index contributed by atoms with van der Waals surface area (Å²) in [6, 6.07) is 24.1. The zero-order chi connectivity index (χ0) is 19.1. The second kappa shape index (κ2) is 9.40. The Hall–Kier alpha value is -2.56. The van der Waals surface area contributed by atoms with E-state index in [1.807, 2.05) is 54.6 Å². The highest BCUT2D eigenvalue weighted by atomic mass is 35.5. The molecule has 0 saturated carbocycles. The lowest BCUT2D eigenvalue weighted by Gasteiger charge is -2.08. The molecule has 0 aromatic heterocycles. The Morgan fingerprint density at radius 2 is 1.63 bits per heavy atom. The van der Waals surface area contributed by atoms with E-state index in [4.69, 9.17) is 11.6 Å². The quantitative estimate of drug-likeness (QED) is 0.424. The summed E-state index contributed by atoms with van der Waals surface area (Å²) in [7, 11) is 0. The average molecular weight is 396 g/mol. The largest absolute Gasteiger partial charge is 0.326 e. The molecule has 0 heterocycles. The molecule has 3 aromatic rings. The smallest absolute Gasteiger partial charge is 0.228 e. The van der Waals surface area contributed by atoms with Crippen molar-refractivity contribution in [2.45, 2.75) is 11.3 Å². The van der Waals surface area contributed by atoms with Gasteiger partial charge in [-0.3, -0.25) is 9.59 Å². The summed E-state index contributed by atoms with van der Waals surface area (Å²) >= 11 is 7.49. The molecule has 27 heavy (non-hydrogen) atoms. The van der Waals surface area contributed by atoms with Crippen LogP contribution >= 0.6 is 23.4 Å². The number of benzene rings is 3. The van der Waals surface area contributed by atoms with Crippen LogP contribution < -0.4 is 5.32 Å². The molecular formula is C22H18ClNO2S. The van der Waals surface area contributed by atoms with E-state index in [1.165, 1.54) is 11.8 Å². The average Bonchev–Trinajstić information content (AvgIpc) is 2.67. The van der Waals surface area contributed by atoms with Crippen molar-refractivity contribution < 1.29 is 9.59 Å². The van der Waals surface area contributed by atoms with Gasteiger partial charge in [-0.25, -0.2) is 0 Å². The Balaban J connectivity index is 1.58. The minimum Gasteiger partial charge on any atom is -0.326 e. The molecule has 3 aromatic carbocycles. The topological polar surface area (TPSA) is 46.2 Å². The minimum atomic E-state index is -0.0736. The van der Waals surface area contributed by atoms with E-state index in [1.54, 1.807) is 24.3 Å². The molecule has 136 valence electrons. The molecule has 0 unspecified atom stereocenters. The third kappa shape index (κ3) is 5.71. The van der Waals surface area contributed by atoms with E-state index >= 15 is 0 Å². The molecule has 3 rings (SSSR count). The number of amides is 1. The van der Waals surface area contributed by atoms with Gasteiger partial charge in [0.25, 0.3) is 0 Å². The van der Waals surface area contributed by atoms with Gasteiger partial charge in [0.15, 0.2) is 5.78 Å². The molecule has 3 nitrogen and oxygen atoms in total. The van der Waals surface area contributed by atoms with Crippen molar-refractivity contribution in [2.24, 2.45) is 0 Å². The maximum Gasteiger partial charge on any atom is 0.228 e. The lowest BCUT2D eigenvalue weighted by Crippen LogP contribution is -2.14. The van der Waals surface area contributed by atoms with E-state index in [-0.39, 0.29) is 17.4 Å². The first-order valence-electron chi connectivity index (χ1n) is 8.46. The number of halogens is 1. The summed E-state index contributed by atoms with van der Waals surface area (Å²) in [5.74, 6) is 0.185. The first kappa shape index (κ1) is 19.2. The molecule has 1 amide bonds. The lowest BCUT2D eigenvalue weighted by molar-refractivity contribution is -0.115. The molecule has 0 bridgehead atoms. The number of hydrogen-bond donors (Lipinski definition) is 1. The molecule has 0 aliphatic rings. The van der Waals surface area contributed by atoms with Crippen molar-refractivity contribution in [3.05, 3.63) is 95.0 Å². The number of carbonyl (C=O) groups excluding carboxylic acids is 2. The third-order valence-electron chi connectivity index (χ3n) is 3.87. The van der Waals surface area contributed by atoms with Gasteiger partial charge in [0.1, 0.15) is 0 Å². The van der Waals surface area contributed by atoms with E-state index in [2.05, 4.69) is 5.32 Å². The number of carbonyl (C=O) groups is 2. The maximum atomic E-state index is 12.3. The van der Waals surface area contributed by atoms with Crippen molar-refractivity contribution in [2.75, 3.05) is 11.1 Å². The van der Waals surface area contributed by atoms with Gasteiger partial charge >= 0.3 is 0 Å². The molecular weight excluding hydrogens is 378 g/mol. The molecule has 0 radical (unpaired) electrons. The standard InChI is InChI=1S/C22H18ClNO2S/c23-20-12-5-4-11-19(20)21(25)15-27-18-10-6-9-17(14-18)24-22(26)13-16-7-2-1-3-8-16/h1-12,14H,13,15H2,(H,24,26). The molecule has 0 atom stereocenters. The maximum absolute atomic E-state index is 12.3. The van der Waals surface area contributed by atoms with Crippen LogP contribution in [0.3, 0.4) is 0 Å². The molecule has 1 N–H and O–H groups in total. The molecule has 5 heteroatoms. The van der Waals surface area contributed by atoms with Crippen LogP contribution in [0.2, 0.25) is 5.02 Å². The van der Waals surface area contributed by atoms with Crippen LogP contribution in [0.15, 0.2) is 83.8 Å². The second-order valence-electron chi connectivity index (χ2n) is 5.93. The summed E-state index contributed by atoms with van der Waals surface area (Å²) in [5.41, 5.74) is 2.20. The van der Waals surface area contributed by atoms with E-state index in [9.17, 15) is 9.59 Å². The van der Waals surface area contributed by atoms with E-state index < -0.39 is 0 Å². The Morgan fingerprint density at radius 3 is 2.41 bits per heavy atom. The zero-order valence-electron chi connectivity index (χ0n) is 14.5. The number of rotatable bonds is 7. The van der Waals surface area contributed by atoms with Gasteiger partial charge in [0.05, 0.1) is 17.2 Å². The van der Waals surface area contributed by atoms with Gasteiger partial charge in [-0.05, 0) is 35.9 Å². The number of thioether (sulfide) groups is 1. The first-order chi connectivity index (χ1) is 13.1. The highest BCUT2D eigenvalue weighted by Crippen LogP contribution is 2.24. The highest BCUT2D eigenvalue weighted by molar-refractivity contribution is 8.00. The molecule has 0 fully saturated rings. The second-order valence-corrected chi connectivity index (χ2v) is 7.39. The van der Waals surface area contributed by atoms with Crippen LogP contribution in [0.5, 0.6) is 0 Å². The van der Waals surface area contributed by atoms with Crippen molar-refractivity contribution in [1.82, 2.24) is 0 Å². The summed E-state index contributed by atoms with van der Waals surface area (Å²) in [6.07, 6.45) is 0.323. The van der Waals surface area contributed by atoms with E-state index in [0.29, 0.717) is 22.7 Å². The van der Waals surface area contributed by atoms with Gasteiger partial charge in [-0.15, -0.1) is 11.8 Å². The molecule has 0 saturated heterocycles. The fraction of sp³-hybridized carbons (Fsp3) is 0.0909. The predicted molar refractivity (Wildman–Crippen MR) is 112 cm³/mol. The number of hydrogen-bond acceptors (Lipinski definition) is 3. The molecule has 0 aliphatic heterocycles. The minimum absolute atomic E-state index is 0.0240. The molecule has 0 spiro atoms. The number of anilines is 1. The fourth-order valence-electron chi connectivity index (χ4n) is 2.56. The Morgan fingerprint density at radius 1 is 0.889 bits per heavy atom. The number of Topliss-reactive ketones (excluding diaryl/α,β-unsaturated/α-hetero) is 1. The summed E-state index contributed by atoms with van der Waals surface area (Å²) in [4.78, 5) is 25.4. The number of nitrogens with one attached hydrogen (secondary N) is 1. The van der Waals surface area contributed by atoms with Gasteiger partial charge in [-0.2, -0.15) is 0 Å². The van der Waals surface area contributed by atoms with Crippen molar-refractivity contribution in [3.63, 3.8) is 0 Å². The molecule has 0 aliphatic carbocycles. The van der Waals surface area contributed by atoms with Crippen LogP contribution in [0.4, 0.5) is 5.69 Å². The fourth-order valence-corrected chi connectivity index (χ4v) is 3.64. The highest BCUT2D eigenvalue weighted by Gasteiger charge is 2.11. The van der Waals surface area contributed by atoms with Crippen LogP contribution in [0.25, 0.3) is 0 Å². The summed E-state index contributed by atoms with van der Waals surface area (Å²) in [6.45, 7) is 0. The van der Waals surface area contributed by atoms with Gasteiger partial charge in [-0.1, -0.05) is 60.1 Å². The Labute approximate surface area is 167 Å². The summed E-state index contributed by atoms with van der Waals surface area (Å²) < 4.78 is 0. The Kier molecular flexibility index (Phi) is 6.69. The summed E-state index contributed by atoms with van der Waals surface area (Å²) in [5, 5.41) is 3.36. The third-order valence-corrected chi connectivity index (χ3v) is 5.19. The first-order valence-corrected chi connectivity index (χ1v) is 9.82. The SMILES string of the molecule is O=C(Cc1ccccc1)Nc1cccc(SCC(=O)c2ccccc2Cl)c1. The van der Waals surface area contributed by atoms with Crippen molar-refractivity contribution in [3.8, 4) is 0 Å². The van der Waals surface area contributed by atoms with Crippen molar-refractivity contribution in [1.29, 1.82) is 0 Å². The van der Waals surface area contributed by atoms with E-state index in [0.717, 1.165) is 10.5 Å². The van der Waals surface area contributed by atoms with Crippen LogP contribution in [0, 0.1) is 0 Å². The van der Waals surface area contributed by atoms with Crippen LogP contribution in [-0.4, -0.2) is 17.4 Å². The predicted octanol–water partition coefficient (Wildman–Crippen LogP) is 5.50. The number of ketones is 1. The van der Waals surface area contributed by atoms with Gasteiger partial charge in [0, 0.05) is 16.1 Å². The lowest BCUT2D eigenvalue weighted by atomic mass is 10.1. The van der Waals surface area contributed by atoms with Crippen LogP contribution in [0.1, 0.15) is 15.9 Å².